The van der Waals surface area contributed by atoms with E-state index >= 15 is 0 Å². The third kappa shape index (κ3) is 1.42. The first kappa shape index (κ1) is 8.64. The summed E-state index contributed by atoms with van der Waals surface area (Å²) < 4.78 is 0. The van der Waals surface area contributed by atoms with Gasteiger partial charge >= 0.3 is 0 Å². The first-order valence-electron chi connectivity index (χ1n) is 3.62. The number of carbonyl (C=O) groups excluding carboxylic acids is 1. The monoisotopic (exact) mass is 160 g/mol. The van der Waals surface area contributed by atoms with Gasteiger partial charge in [-0.1, -0.05) is 6.92 Å². The minimum atomic E-state index is -1.41. The summed E-state index contributed by atoms with van der Waals surface area (Å²) in [5, 5.41) is 27.1. The van der Waals surface area contributed by atoms with E-state index in [1.54, 1.807) is 6.92 Å². The van der Waals surface area contributed by atoms with Crippen LogP contribution in [0.4, 0.5) is 0 Å². The molecule has 0 aromatic rings. The molecule has 0 aromatic carbocycles. The van der Waals surface area contributed by atoms with Gasteiger partial charge in [0.15, 0.2) is 5.78 Å². The Bertz CT molecular complexity index is 168. The first-order valence-corrected chi connectivity index (χ1v) is 3.62. The van der Waals surface area contributed by atoms with Crippen molar-refractivity contribution in [2.24, 2.45) is 5.92 Å². The lowest BCUT2D eigenvalue weighted by molar-refractivity contribution is -0.152. The Hall–Kier alpha value is -0.450. The largest absolute Gasteiger partial charge is 0.390 e. The molecule has 0 spiro atoms. The molecule has 1 aliphatic carbocycles. The first-order chi connectivity index (χ1) is 5.04. The highest BCUT2D eigenvalue weighted by atomic mass is 16.4. The Morgan fingerprint density at radius 1 is 1.36 bits per heavy atom. The molecule has 0 radical (unpaired) electrons. The van der Waals surface area contributed by atoms with Crippen molar-refractivity contribution < 1.29 is 20.1 Å². The lowest BCUT2D eigenvalue weighted by Crippen LogP contribution is -2.50. The molecule has 0 aromatic heterocycles. The number of ketones is 1. The minimum absolute atomic E-state index is 0.233. The van der Waals surface area contributed by atoms with Crippen LogP contribution in [-0.2, 0) is 4.79 Å². The molecule has 4 atom stereocenters. The molecule has 1 rings (SSSR count). The standard InChI is InChI=1S/C7H12O4/c1-3-2-4(8)6(10)7(11)5(3)9/h3-4,6-8,10-11H,2H2,1H3/t3-,4?,6+,7-/m0/s1. The molecule has 1 fully saturated rings. The smallest absolute Gasteiger partial charge is 0.166 e. The fourth-order valence-corrected chi connectivity index (χ4v) is 1.29. The Balaban J connectivity index is 2.70. The zero-order chi connectivity index (χ0) is 8.59. The predicted octanol–water partition coefficient (Wildman–Crippen LogP) is -1.32. The van der Waals surface area contributed by atoms with E-state index in [0.717, 1.165) is 0 Å². The molecular weight excluding hydrogens is 148 g/mol. The lowest BCUT2D eigenvalue weighted by Gasteiger charge is -2.30. The molecule has 4 heteroatoms. The average Bonchev–Trinajstić information content (AvgIpc) is 1.97. The van der Waals surface area contributed by atoms with Gasteiger partial charge in [-0.15, -0.1) is 0 Å². The zero-order valence-electron chi connectivity index (χ0n) is 6.27. The van der Waals surface area contributed by atoms with Gasteiger partial charge in [-0.25, -0.2) is 0 Å². The average molecular weight is 160 g/mol. The molecule has 3 N–H and O–H groups in total. The minimum Gasteiger partial charge on any atom is -0.390 e. The van der Waals surface area contributed by atoms with Crippen LogP contribution in [-0.4, -0.2) is 39.4 Å². The van der Waals surface area contributed by atoms with E-state index in [9.17, 15) is 4.79 Å². The quantitative estimate of drug-likeness (QED) is 0.410. The van der Waals surface area contributed by atoms with Gasteiger partial charge in [0.05, 0.1) is 6.10 Å². The highest BCUT2D eigenvalue weighted by molar-refractivity contribution is 5.86. The molecule has 0 bridgehead atoms. The van der Waals surface area contributed by atoms with Gasteiger partial charge in [0, 0.05) is 5.92 Å². The molecule has 1 saturated carbocycles. The maximum atomic E-state index is 11.0. The molecule has 4 nitrogen and oxygen atoms in total. The summed E-state index contributed by atoms with van der Waals surface area (Å²) in [7, 11) is 0. The maximum Gasteiger partial charge on any atom is 0.166 e. The molecule has 0 aliphatic heterocycles. The normalized spacial score (nSPS) is 46.0. The summed E-state index contributed by atoms with van der Waals surface area (Å²) in [6.07, 6.45) is -3.46. The maximum absolute atomic E-state index is 11.0. The summed E-state index contributed by atoms with van der Waals surface area (Å²) in [4.78, 5) is 11.0. The van der Waals surface area contributed by atoms with E-state index in [0.29, 0.717) is 0 Å². The molecule has 0 amide bonds. The number of aliphatic hydroxyl groups excluding tert-OH is 3. The summed E-state index contributed by atoms with van der Waals surface area (Å²) in [5.41, 5.74) is 0. The summed E-state index contributed by atoms with van der Waals surface area (Å²) in [5.74, 6) is -0.744. The Kier molecular flexibility index (Phi) is 2.27. The second kappa shape index (κ2) is 2.89. The van der Waals surface area contributed by atoms with Crippen LogP contribution in [0.5, 0.6) is 0 Å². The molecule has 11 heavy (non-hydrogen) atoms. The number of hydrogen-bond acceptors (Lipinski definition) is 4. The van der Waals surface area contributed by atoms with Crippen LogP contribution >= 0.6 is 0 Å². The molecular formula is C7H12O4. The van der Waals surface area contributed by atoms with E-state index < -0.39 is 18.3 Å². The van der Waals surface area contributed by atoms with E-state index in [-0.39, 0.29) is 18.1 Å². The summed E-state index contributed by atoms with van der Waals surface area (Å²) in [6, 6.07) is 0. The van der Waals surface area contributed by atoms with E-state index in [1.165, 1.54) is 0 Å². The van der Waals surface area contributed by atoms with Gasteiger partial charge in [-0.05, 0) is 6.42 Å². The fourth-order valence-electron chi connectivity index (χ4n) is 1.29. The third-order valence-corrected chi connectivity index (χ3v) is 2.09. The van der Waals surface area contributed by atoms with Crippen molar-refractivity contribution in [2.75, 3.05) is 0 Å². The lowest BCUT2D eigenvalue weighted by atomic mass is 9.83. The second-order valence-corrected chi connectivity index (χ2v) is 3.04. The molecule has 64 valence electrons. The van der Waals surface area contributed by atoms with Crippen LogP contribution in [0.25, 0.3) is 0 Å². The van der Waals surface area contributed by atoms with E-state index in [1.807, 2.05) is 0 Å². The number of hydrogen-bond donors (Lipinski definition) is 3. The number of carbonyl (C=O) groups is 1. The highest BCUT2D eigenvalue weighted by Gasteiger charge is 2.39. The van der Waals surface area contributed by atoms with Crippen LogP contribution in [0.15, 0.2) is 0 Å². The third-order valence-electron chi connectivity index (χ3n) is 2.09. The van der Waals surface area contributed by atoms with Crippen molar-refractivity contribution in [3.63, 3.8) is 0 Å². The van der Waals surface area contributed by atoms with Crippen LogP contribution in [0.3, 0.4) is 0 Å². The van der Waals surface area contributed by atoms with Gasteiger partial charge in [-0.2, -0.15) is 0 Å². The molecule has 0 saturated heterocycles. The number of rotatable bonds is 0. The SMILES string of the molecule is C[C@H]1CC(O)[C@@H](O)[C@@H](O)C1=O. The van der Waals surface area contributed by atoms with Gasteiger partial charge in [-0.3, -0.25) is 4.79 Å². The highest BCUT2D eigenvalue weighted by Crippen LogP contribution is 2.21. The molecule has 0 heterocycles. The van der Waals surface area contributed by atoms with Gasteiger partial charge < -0.3 is 15.3 Å². The van der Waals surface area contributed by atoms with Crippen LogP contribution < -0.4 is 0 Å². The second-order valence-electron chi connectivity index (χ2n) is 3.04. The summed E-state index contributed by atoms with van der Waals surface area (Å²) in [6.45, 7) is 1.63. The van der Waals surface area contributed by atoms with Crippen molar-refractivity contribution in [3.05, 3.63) is 0 Å². The van der Waals surface area contributed by atoms with Crippen molar-refractivity contribution in [1.82, 2.24) is 0 Å². The molecule has 1 unspecified atom stereocenters. The van der Waals surface area contributed by atoms with Crippen molar-refractivity contribution >= 4 is 5.78 Å². The predicted molar refractivity (Wildman–Crippen MR) is 36.8 cm³/mol. The molecule has 1 aliphatic rings. The summed E-state index contributed by atoms with van der Waals surface area (Å²) >= 11 is 0. The van der Waals surface area contributed by atoms with Crippen molar-refractivity contribution in [3.8, 4) is 0 Å². The fraction of sp³-hybridized carbons (Fsp3) is 0.857. The van der Waals surface area contributed by atoms with Crippen LogP contribution in [0, 0.1) is 5.92 Å². The number of Topliss-reactive ketones (excluding diaryl/α,β-unsaturated/α-hetero) is 1. The van der Waals surface area contributed by atoms with Gasteiger partial charge in [0.2, 0.25) is 0 Å². The van der Waals surface area contributed by atoms with E-state index in [4.69, 9.17) is 15.3 Å². The van der Waals surface area contributed by atoms with E-state index in [2.05, 4.69) is 0 Å². The topological polar surface area (TPSA) is 77.8 Å². The van der Waals surface area contributed by atoms with Crippen LogP contribution in [0.2, 0.25) is 0 Å². The number of aliphatic hydroxyl groups is 3. The Morgan fingerprint density at radius 2 is 1.91 bits per heavy atom. The zero-order valence-corrected chi connectivity index (χ0v) is 6.27. The van der Waals surface area contributed by atoms with Gasteiger partial charge in [0.25, 0.3) is 0 Å². The Labute approximate surface area is 64.5 Å². The van der Waals surface area contributed by atoms with Gasteiger partial charge in [0.1, 0.15) is 12.2 Å². The Morgan fingerprint density at radius 3 is 2.45 bits per heavy atom. The van der Waals surface area contributed by atoms with Crippen molar-refractivity contribution in [2.45, 2.75) is 31.7 Å². The van der Waals surface area contributed by atoms with Crippen LogP contribution in [0.1, 0.15) is 13.3 Å². The van der Waals surface area contributed by atoms with Crippen molar-refractivity contribution in [1.29, 1.82) is 0 Å².